The maximum atomic E-state index is 10.5. The van der Waals surface area contributed by atoms with E-state index in [0.717, 1.165) is 13.1 Å². The Morgan fingerprint density at radius 1 is 1.58 bits per heavy atom. The molecule has 0 radical (unpaired) electrons. The molecule has 0 aliphatic carbocycles. The maximum absolute atomic E-state index is 10.5. The number of esters is 1. The molecule has 0 spiro atoms. The predicted molar refractivity (Wildman–Crippen MR) is 49.0 cm³/mol. The quantitative estimate of drug-likeness (QED) is 0.486. The van der Waals surface area contributed by atoms with E-state index in [1.54, 1.807) is 0 Å². The van der Waals surface area contributed by atoms with Crippen molar-refractivity contribution >= 4 is 5.97 Å². The monoisotopic (exact) mass is 173 g/mol. The van der Waals surface area contributed by atoms with Crippen LogP contribution >= 0.6 is 0 Å². The highest BCUT2D eigenvalue weighted by molar-refractivity contribution is 5.66. The Kier molecular flexibility index (Phi) is 6.76. The van der Waals surface area contributed by atoms with Crippen LogP contribution in [0.15, 0.2) is 0 Å². The van der Waals surface area contributed by atoms with Crippen molar-refractivity contribution in [1.29, 1.82) is 0 Å². The van der Waals surface area contributed by atoms with Crippen LogP contribution in [0, 0.1) is 0 Å². The number of ether oxygens (including phenoxy) is 1. The lowest BCUT2D eigenvalue weighted by molar-refractivity contribution is -0.145. The van der Waals surface area contributed by atoms with E-state index in [2.05, 4.69) is 12.2 Å². The van der Waals surface area contributed by atoms with E-state index in [4.69, 9.17) is 4.74 Å². The number of hydrogen-bond donors (Lipinski definition) is 1. The number of nitrogens with one attached hydrogen (secondary N) is 1. The van der Waals surface area contributed by atoms with E-state index in [1.807, 2.05) is 6.92 Å². The van der Waals surface area contributed by atoms with Gasteiger partial charge in [-0.25, -0.2) is 0 Å². The van der Waals surface area contributed by atoms with Gasteiger partial charge in [-0.3, -0.25) is 4.79 Å². The van der Waals surface area contributed by atoms with Crippen molar-refractivity contribution in [1.82, 2.24) is 5.32 Å². The van der Waals surface area contributed by atoms with E-state index in [0.29, 0.717) is 0 Å². The number of unbranched alkanes of at least 4 members (excludes halogenated alkanes) is 1. The summed E-state index contributed by atoms with van der Waals surface area (Å²) >= 11 is 0. The van der Waals surface area contributed by atoms with Crippen molar-refractivity contribution in [2.45, 2.75) is 39.7 Å². The molecule has 0 saturated carbocycles. The summed E-state index contributed by atoms with van der Waals surface area (Å²) in [6.45, 7) is 7.22. The minimum absolute atomic E-state index is 0.0145. The molecule has 72 valence electrons. The van der Waals surface area contributed by atoms with Gasteiger partial charge in [0, 0.05) is 13.5 Å². The van der Waals surface area contributed by atoms with Crippen LogP contribution in [0.4, 0.5) is 0 Å². The Balaban J connectivity index is 3.19. The van der Waals surface area contributed by atoms with Crippen LogP contribution in [0.2, 0.25) is 0 Å². The third-order valence-electron chi connectivity index (χ3n) is 1.51. The highest BCUT2D eigenvalue weighted by atomic mass is 16.5. The fourth-order valence-corrected chi connectivity index (χ4v) is 0.932. The Morgan fingerprint density at radius 2 is 2.25 bits per heavy atom. The summed E-state index contributed by atoms with van der Waals surface area (Å²) in [5, 5.41) is 3.21. The minimum atomic E-state index is -0.209. The van der Waals surface area contributed by atoms with E-state index >= 15 is 0 Å². The molecule has 0 aliphatic heterocycles. The van der Waals surface area contributed by atoms with Gasteiger partial charge in [-0.1, -0.05) is 13.3 Å². The molecule has 0 rings (SSSR count). The lowest BCUT2D eigenvalue weighted by Crippen LogP contribution is -2.28. The third-order valence-corrected chi connectivity index (χ3v) is 1.51. The molecule has 0 bridgehead atoms. The summed E-state index contributed by atoms with van der Waals surface area (Å²) < 4.78 is 4.93. The van der Waals surface area contributed by atoms with Crippen molar-refractivity contribution < 1.29 is 9.53 Å². The van der Waals surface area contributed by atoms with Crippen molar-refractivity contribution in [2.75, 3.05) is 13.1 Å². The first kappa shape index (κ1) is 11.4. The van der Waals surface area contributed by atoms with Crippen LogP contribution in [-0.2, 0) is 9.53 Å². The second-order valence-corrected chi connectivity index (χ2v) is 2.98. The molecule has 1 atom stereocenters. The summed E-state index contributed by atoms with van der Waals surface area (Å²) in [5.41, 5.74) is 0. The molecule has 0 aromatic rings. The molecule has 0 aromatic carbocycles. The van der Waals surface area contributed by atoms with Gasteiger partial charge in [0.25, 0.3) is 0 Å². The van der Waals surface area contributed by atoms with Crippen molar-refractivity contribution in [3.63, 3.8) is 0 Å². The van der Waals surface area contributed by atoms with Gasteiger partial charge in [0.15, 0.2) is 0 Å². The Bertz CT molecular complexity index is 126. The van der Waals surface area contributed by atoms with Gasteiger partial charge < -0.3 is 10.1 Å². The summed E-state index contributed by atoms with van der Waals surface area (Å²) in [4.78, 5) is 10.5. The van der Waals surface area contributed by atoms with Gasteiger partial charge in [-0.2, -0.15) is 0 Å². The van der Waals surface area contributed by atoms with Gasteiger partial charge in [-0.05, 0) is 19.9 Å². The Hall–Kier alpha value is -0.570. The first-order chi connectivity index (χ1) is 5.66. The van der Waals surface area contributed by atoms with Gasteiger partial charge in [0.2, 0.25) is 0 Å². The first-order valence-corrected chi connectivity index (χ1v) is 4.54. The standard InChI is InChI=1S/C9H19NO2/c1-4-5-6-10-7-8(2)12-9(3)11/h8,10H,4-7H2,1-3H3. The molecule has 12 heavy (non-hydrogen) atoms. The van der Waals surface area contributed by atoms with E-state index in [9.17, 15) is 4.79 Å². The SMILES string of the molecule is CCCCNCC(C)OC(C)=O. The number of carbonyl (C=O) groups excluding carboxylic acids is 1. The Morgan fingerprint density at radius 3 is 2.75 bits per heavy atom. The van der Waals surface area contributed by atoms with Crippen LogP contribution < -0.4 is 5.32 Å². The van der Waals surface area contributed by atoms with E-state index in [1.165, 1.54) is 19.8 Å². The topological polar surface area (TPSA) is 38.3 Å². The zero-order valence-electron chi connectivity index (χ0n) is 8.22. The molecule has 0 aliphatic rings. The molecule has 0 fully saturated rings. The fourth-order valence-electron chi connectivity index (χ4n) is 0.932. The smallest absolute Gasteiger partial charge is 0.302 e. The normalized spacial score (nSPS) is 12.6. The maximum Gasteiger partial charge on any atom is 0.302 e. The summed E-state index contributed by atoms with van der Waals surface area (Å²) in [6, 6.07) is 0. The minimum Gasteiger partial charge on any atom is -0.462 e. The second kappa shape index (κ2) is 7.10. The van der Waals surface area contributed by atoms with Gasteiger partial charge in [0.05, 0.1) is 0 Å². The van der Waals surface area contributed by atoms with Crippen LogP contribution in [0.1, 0.15) is 33.6 Å². The highest BCUT2D eigenvalue weighted by Crippen LogP contribution is 1.89. The van der Waals surface area contributed by atoms with Crippen molar-refractivity contribution in [3.05, 3.63) is 0 Å². The zero-order chi connectivity index (χ0) is 9.40. The summed E-state index contributed by atoms with van der Waals surface area (Å²) in [6.07, 6.45) is 2.35. The molecular formula is C9H19NO2. The number of hydrogen-bond acceptors (Lipinski definition) is 3. The highest BCUT2D eigenvalue weighted by Gasteiger charge is 2.02. The average molecular weight is 173 g/mol. The molecule has 1 unspecified atom stereocenters. The van der Waals surface area contributed by atoms with Crippen molar-refractivity contribution in [3.8, 4) is 0 Å². The molecule has 0 aromatic heterocycles. The van der Waals surface area contributed by atoms with Gasteiger partial charge >= 0.3 is 5.97 Å². The number of rotatable bonds is 6. The van der Waals surface area contributed by atoms with Crippen LogP contribution in [0.25, 0.3) is 0 Å². The zero-order valence-corrected chi connectivity index (χ0v) is 8.22. The van der Waals surface area contributed by atoms with Crippen molar-refractivity contribution in [2.24, 2.45) is 0 Å². The van der Waals surface area contributed by atoms with Gasteiger partial charge in [-0.15, -0.1) is 0 Å². The Labute approximate surface area is 74.5 Å². The molecule has 3 nitrogen and oxygen atoms in total. The predicted octanol–water partition coefficient (Wildman–Crippen LogP) is 1.33. The van der Waals surface area contributed by atoms with Gasteiger partial charge in [0.1, 0.15) is 6.10 Å². The lowest BCUT2D eigenvalue weighted by atomic mass is 10.3. The van der Waals surface area contributed by atoms with Crippen LogP contribution in [-0.4, -0.2) is 25.2 Å². The molecule has 0 saturated heterocycles. The molecule has 0 heterocycles. The van der Waals surface area contributed by atoms with Crippen LogP contribution in [0.3, 0.4) is 0 Å². The summed E-state index contributed by atoms with van der Waals surface area (Å²) in [5.74, 6) is -0.209. The number of carbonyl (C=O) groups is 1. The third kappa shape index (κ3) is 7.54. The average Bonchev–Trinajstić information content (AvgIpc) is 1.97. The van der Waals surface area contributed by atoms with Crippen LogP contribution in [0.5, 0.6) is 0 Å². The largest absolute Gasteiger partial charge is 0.462 e. The molecule has 1 N–H and O–H groups in total. The van der Waals surface area contributed by atoms with E-state index in [-0.39, 0.29) is 12.1 Å². The molecule has 0 amide bonds. The first-order valence-electron chi connectivity index (χ1n) is 4.54. The fraction of sp³-hybridized carbons (Fsp3) is 0.889. The molecule has 3 heteroatoms. The summed E-state index contributed by atoms with van der Waals surface area (Å²) in [7, 11) is 0. The second-order valence-electron chi connectivity index (χ2n) is 2.98. The van der Waals surface area contributed by atoms with E-state index < -0.39 is 0 Å². The lowest BCUT2D eigenvalue weighted by Gasteiger charge is -2.12. The molecular weight excluding hydrogens is 154 g/mol.